The molecule has 24 heavy (non-hydrogen) atoms. The molecule has 1 atom stereocenters. The second kappa shape index (κ2) is 6.70. The Balaban J connectivity index is 1.59. The van der Waals surface area contributed by atoms with E-state index in [9.17, 15) is 14.9 Å². The zero-order valence-corrected chi connectivity index (χ0v) is 13.4. The molecule has 0 saturated carbocycles. The number of nitrogens with one attached hydrogen (secondary N) is 1. The number of amides is 1. The first-order valence-electron chi connectivity index (χ1n) is 7.93. The molecule has 0 saturated heterocycles. The van der Waals surface area contributed by atoms with Gasteiger partial charge in [-0.25, -0.2) is 0 Å². The van der Waals surface area contributed by atoms with E-state index in [1.807, 2.05) is 12.1 Å². The Bertz CT molecular complexity index is 758. The average molecular weight is 325 g/mol. The molecule has 0 aromatic heterocycles. The average Bonchev–Trinajstić information content (AvgIpc) is 3.03. The van der Waals surface area contributed by atoms with Crippen LogP contribution in [0, 0.1) is 10.1 Å². The zero-order valence-electron chi connectivity index (χ0n) is 13.4. The van der Waals surface area contributed by atoms with Gasteiger partial charge in [0, 0.05) is 42.5 Å². The SMILES string of the molecule is CC(CNC(=O)c1ccc([N+](=O)[O-])cc1)N1CCc2ccccc21. The number of anilines is 1. The van der Waals surface area contributed by atoms with E-state index in [0.717, 1.165) is 13.0 Å². The number of rotatable bonds is 5. The summed E-state index contributed by atoms with van der Waals surface area (Å²) in [6.07, 6.45) is 1.02. The predicted octanol–water partition coefficient (Wildman–Crippen LogP) is 2.78. The Hall–Kier alpha value is -2.89. The monoisotopic (exact) mass is 325 g/mol. The summed E-state index contributed by atoms with van der Waals surface area (Å²) in [5, 5.41) is 13.5. The molecule has 1 heterocycles. The van der Waals surface area contributed by atoms with E-state index in [1.54, 1.807) is 0 Å². The maximum atomic E-state index is 12.2. The normalized spacial score (nSPS) is 14.1. The molecule has 1 amide bonds. The summed E-state index contributed by atoms with van der Waals surface area (Å²) in [5.41, 5.74) is 2.98. The lowest BCUT2D eigenvalue weighted by molar-refractivity contribution is -0.384. The fourth-order valence-electron chi connectivity index (χ4n) is 3.01. The van der Waals surface area contributed by atoms with Crippen molar-refractivity contribution in [2.75, 3.05) is 18.0 Å². The smallest absolute Gasteiger partial charge is 0.269 e. The lowest BCUT2D eigenvalue weighted by Crippen LogP contribution is -2.41. The molecule has 0 radical (unpaired) electrons. The Morgan fingerprint density at radius 2 is 1.96 bits per heavy atom. The number of hydrogen-bond acceptors (Lipinski definition) is 4. The van der Waals surface area contributed by atoms with Crippen LogP contribution in [0.3, 0.4) is 0 Å². The standard InChI is InChI=1S/C18H19N3O3/c1-13(20-11-10-14-4-2-3-5-17(14)20)12-19-18(22)15-6-8-16(9-7-15)21(23)24/h2-9,13H,10-12H2,1H3,(H,19,22). The Labute approximate surface area is 140 Å². The number of para-hydroxylation sites is 1. The van der Waals surface area contributed by atoms with E-state index in [0.29, 0.717) is 12.1 Å². The fourth-order valence-corrected chi connectivity index (χ4v) is 3.01. The lowest BCUT2D eigenvalue weighted by Gasteiger charge is -2.27. The van der Waals surface area contributed by atoms with Crippen LogP contribution in [0.2, 0.25) is 0 Å². The number of hydrogen-bond donors (Lipinski definition) is 1. The van der Waals surface area contributed by atoms with Gasteiger partial charge in [-0.15, -0.1) is 0 Å². The minimum absolute atomic E-state index is 0.0198. The molecular formula is C18H19N3O3. The number of nitro groups is 1. The van der Waals surface area contributed by atoms with Gasteiger partial charge in [-0.2, -0.15) is 0 Å². The molecule has 0 aliphatic carbocycles. The summed E-state index contributed by atoms with van der Waals surface area (Å²) < 4.78 is 0. The van der Waals surface area contributed by atoms with Crippen molar-refractivity contribution in [1.29, 1.82) is 0 Å². The Morgan fingerprint density at radius 1 is 1.25 bits per heavy atom. The molecule has 124 valence electrons. The number of nitro benzene ring substituents is 1. The first kappa shape index (κ1) is 16.0. The first-order chi connectivity index (χ1) is 11.6. The van der Waals surface area contributed by atoms with Gasteiger partial charge in [0.15, 0.2) is 0 Å². The third kappa shape index (κ3) is 3.22. The third-order valence-electron chi connectivity index (χ3n) is 4.35. The minimum Gasteiger partial charge on any atom is -0.366 e. The van der Waals surface area contributed by atoms with Crippen molar-refractivity contribution >= 4 is 17.3 Å². The minimum atomic E-state index is -0.478. The van der Waals surface area contributed by atoms with Crippen LogP contribution in [-0.2, 0) is 6.42 Å². The van der Waals surface area contributed by atoms with E-state index in [-0.39, 0.29) is 17.6 Å². The number of carbonyl (C=O) groups is 1. The maximum absolute atomic E-state index is 12.2. The molecule has 0 spiro atoms. The zero-order chi connectivity index (χ0) is 17.1. The van der Waals surface area contributed by atoms with E-state index < -0.39 is 4.92 Å². The molecule has 3 rings (SSSR count). The van der Waals surface area contributed by atoms with Gasteiger partial charge in [-0.05, 0) is 37.1 Å². The van der Waals surface area contributed by atoms with Gasteiger partial charge in [0.25, 0.3) is 11.6 Å². The number of benzene rings is 2. The van der Waals surface area contributed by atoms with Gasteiger partial charge in [0.2, 0.25) is 0 Å². The molecular weight excluding hydrogens is 306 g/mol. The number of fused-ring (bicyclic) bond motifs is 1. The summed E-state index contributed by atoms with van der Waals surface area (Å²) in [6, 6.07) is 14.1. The molecule has 0 fully saturated rings. The summed E-state index contributed by atoms with van der Waals surface area (Å²) >= 11 is 0. The van der Waals surface area contributed by atoms with Crippen LogP contribution in [0.25, 0.3) is 0 Å². The van der Waals surface area contributed by atoms with Gasteiger partial charge in [-0.1, -0.05) is 18.2 Å². The number of carbonyl (C=O) groups excluding carboxylic acids is 1. The molecule has 2 aromatic carbocycles. The van der Waals surface area contributed by atoms with Gasteiger partial charge >= 0.3 is 0 Å². The molecule has 2 aromatic rings. The molecule has 1 unspecified atom stereocenters. The molecule has 6 nitrogen and oxygen atoms in total. The highest BCUT2D eigenvalue weighted by Crippen LogP contribution is 2.28. The van der Waals surface area contributed by atoms with Crippen LogP contribution < -0.4 is 10.2 Å². The van der Waals surface area contributed by atoms with Crippen LogP contribution in [0.5, 0.6) is 0 Å². The van der Waals surface area contributed by atoms with E-state index in [4.69, 9.17) is 0 Å². The van der Waals surface area contributed by atoms with Crippen molar-refractivity contribution in [3.05, 3.63) is 69.8 Å². The summed E-state index contributed by atoms with van der Waals surface area (Å²) in [7, 11) is 0. The second-order valence-corrected chi connectivity index (χ2v) is 5.94. The summed E-state index contributed by atoms with van der Waals surface area (Å²) in [5.74, 6) is -0.218. The lowest BCUT2D eigenvalue weighted by atomic mass is 10.1. The van der Waals surface area contributed by atoms with Crippen LogP contribution >= 0.6 is 0 Å². The largest absolute Gasteiger partial charge is 0.366 e. The van der Waals surface area contributed by atoms with Crippen LogP contribution in [0.15, 0.2) is 48.5 Å². The highest BCUT2D eigenvalue weighted by molar-refractivity contribution is 5.94. The molecule has 6 heteroatoms. The van der Waals surface area contributed by atoms with Gasteiger partial charge in [0.05, 0.1) is 4.92 Å². The van der Waals surface area contributed by atoms with Crippen molar-refractivity contribution < 1.29 is 9.72 Å². The van der Waals surface area contributed by atoms with Crippen molar-refractivity contribution in [2.45, 2.75) is 19.4 Å². The topological polar surface area (TPSA) is 75.5 Å². The summed E-state index contributed by atoms with van der Waals surface area (Å²) in [4.78, 5) is 24.7. The van der Waals surface area contributed by atoms with Gasteiger partial charge in [0.1, 0.15) is 0 Å². The van der Waals surface area contributed by atoms with Crippen molar-refractivity contribution in [2.24, 2.45) is 0 Å². The van der Waals surface area contributed by atoms with Crippen molar-refractivity contribution in [3.8, 4) is 0 Å². The quantitative estimate of drug-likeness (QED) is 0.677. The van der Waals surface area contributed by atoms with E-state index in [1.165, 1.54) is 35.5 Å². The highest BCUT2D eigenvalue weighted by Gasteiger charge is 2.23. The van der Waals surface area contributed by atoms with Gasteiger partial charge in [-0.3, -0.25) is 14.9 Å². The first-order valence-corrected chi connectivity index (χ1v) is 7.93. The predicted molar refractivity (Wildman–Crippen MR) is 92.4 cm³/mol. The van der Waals surface area contributed by atoms with E-state index in [2.05, 4.69) is 29.3 Å². The number of nitrogens with zero attached hydrogens (tertiary/aromatic N) is 2. The fraction of sp³-hybridized carbons (Fsp3) is 0.278. The van der Waals surface area contributed by atoms with E-state index >= 15 is 0 Å². The van der Waals surface area contributed by atoms with Gasteiger partial charge < -0.3 is 10.2 Å². The molecule has 0 bridgehead atoms. The second-order valence-electron chi connectivity index (χ2n) is 5.94. The van der Waals surface area contributed by atoms with Crippen molar-refractivity contribution in [1.82, 2.24) is 5.32 Å². The third-order valence-corrected chi connectivity index (χ3v) is 4.35. The van der Waals surface area contributed by atoms with Crippen LogP contribution in [-0.4, -0.2) is 30.0 Å². The molecule has 1 N–H and O–H groups in total. The number of non-ortho nitro benzene ring substituents is 1. The van der Waals surface area contributed by atoms with Crippen LogP contribution in [0.4, 0.5) is 11.4 Å². The maximum Gasteiger partial charge on any atom is 0.269 e. The Morgan fingerprint density at radius 3 is 2.67 bits per heavy atom. The Kier molecular flexibility index (Phi) is 4.46. The van der Waals surface area contributed by atoms with Crippen LogP contribution in [0.1, 0.15) is 22.8 Å². The highest BCUT2D eigenvalue weighted by atomic mass is 16.6. The molecule has 1 aliphatic rings. The summed E-state index contributed by atoms with van der Waals surface area (Å²) in [6.45, 7) is 3.55. The molecule has 1 aliphatic heterocycles. The van der Waals surface area contributed by atoms with Crippen molar-refractivity contribution in [3.63, 3.8) is 0 Å².